The van der Waals surface area contributed by atoms with Gasteiger partial charge in [0.05, 0.1) is 23.5 Å². The lowest BCUT2D eigenvalue weighted by Crippen LogP contribution is -2.38. The van der Waals surface area contributed by atoms with Crippen molar-refractivity contribution in [1.29, 1.82) is 0 Å². The van der Waals surface area contributed by atoms with E-state index in [4.69, 9.17) is 0 Å². The van der Waals surface area contributed by atoms with Gasteiger partial charge in [0.1, 0.15) is 5.78 Å². The summed E-state index contributed by atoms with van der Waals surface area (Å²) in [5, 5.41) is 4.11. The topological polar surface area (TPSA) is 67.6 Å². The van der Waals surface area contributed by atoms with Crippen LogP contribution in [0, 0.1) is 0 Å². The number of ketones is 1. The van der Waals surface area contributed by atoms with E-state index >= 15 is 0 Å². The maximum Gasteiger partial charge on any atom is 0.257 e. The van der Waals surface area contributed by atoms with Gasteiger partial charge in [-0.1, -0.05) is 0 Å². The number of carbonyl (C=O) groups is 2. The number of fused-ring (bicyclic) bond motifs is 1. The van der Waals surface area contributed by atoms with Crippen LogP contribution in [0.4, 0.5) is 0 Å². The molecule has 1 saturated heterocycles. The van der Waals surface area contributed by atoms with E-state index in [0.717, 1.165) is 0 Å². The van der Waals surface area contributed by atoms with Crippen molar-refractivity contribution in [3.8, 4) is 0 Å². The summed E-state index contributed by atoms with van der Waals surface area (Å²) in [4.78, 5) is 29.2. The smallest absolute Gasteiger partial charge is 0.257 e. The zero-order chi connectivity index (χ0) is 12.5. The van der Waals surface area contributed by atoms with Crippen LogP contribution in [-0.2, 0) is 4.79 Å². The molecule has 0 bridgehead atoms. The van der Waals surface area contributed by atoms with Gasteiger partial charge < -0.3 is 4.90 Å². The van der Waals surface area contributed by atoms with Crippen LogP contribution in [0.25, 0.3) is 5.52 Å². The molecule has 1 amide bonds. The lowest BCUT2D eigenvalue weighted by Gasteiger charge is -2.25. The van der Waals surface area contributed by atoms with Gasteiger partial charge in [0, 0.05) is 38.3 Å². The Morgan fingerprint density at radius 1 is 1.22 bits per heavy atom. The van der Waals surface area contributed by atoms with Crippen LogP contribution in [0.3, 0.4) is 0 Å². The van der Waals surface area contributed by atoms with E-state index in [1.54, 1.807) is 34.2 Å². The number of amides is 1. The molecule has 3 heterocycles. The van der Waals surface area contributed by atoms with Gasteiger partial charge >= 0.3 is 0 Å². The predicted octanol–water partition coefficient (Wildman–Crippen LogP) is 0.534. The Hall–Kier alpha value is -2.24. The fourth-order valence-corrected chi connectivity index (χ4v) is 2.13. The number of hydrogen-bond donors (Lipinski definition) is 0. The molecule has 0 radical (unpaired) electrons. The molecule has 6 heteroatoms. The van der Waals surface area contributed by atoms with Crippen molar-refractivity contribution in [2.45, 2.75) is 12.8 Å². The van der Waals surface area contributed by atoms with E-state index in [2.05, 4.69) is 10.1 Å². The minimum absolute atomic E-state index is 0.0782. The summed E-state index contributed by atoms with van der Waals surface area (Å²) in [6.07, 6.45) is 7.39. The van der Waals surface area contributed by atoms with Gasteiger partial charge in [-0.3, -0.25) is 14.6 Å². The molecule has 92 valence electrons. The largest absolute Gasteiger partial charge is 0.338 e. The highest BCUT2D eigenvalue weighted by molar-refractivity contribution is 6.01. The second kappa shape index (κ2) is 4.21. The fourth-order valence-electron chi connectivity index (χ4n) is 2.13. The van der Waals surface area contributed by atoms with Crippen LogP contribution in [0.2, 0.25) is 0 Å². The highest BCUT2D eigenvalue weighted by Crippen LogP contribution is 2.15. The van der Waals surface area contributed by atoms with Crippen LogP contribution in [0.15, 0.2) is 24.8 Å². The first kappa shape index (κ1) is 10.9. The van der Waals surface area contributed by atoms with Crippen LogP contribution in [0.1, 0.15) is 23.2 Å². The third-order valence-electron chi connectivity index (χ3n) is 3.16. The van der Waals surface area contributed by atoms with E-state index in [1.165, 1.54) is 0 Å². The van der Waals surface area contributed by atoms with Crippen molar-refractivity contribution in [2.75, 3.05) is 13.1 Å². The first-order valence-corrected chi connectivity index (χ1v) is 5.84. The van der Waals surface area contributed by atoms with Gasteiger partial charge in [-0.25, -0.2) is 4.52 Å². The molecule has 6 nitrogen and oxygen atoms in total. The minimum atomic E-state index is -0.0782. The molecular formula is C12H12N4O2. The standard InChI is InChI=1S/C12H12N4O2/c17-9-1-4-15(5-2-9)12(18)10-7-14-16-6-3-13-8-11(10)16/h3,6-8H,1-2,4-5H2. The molecule has 2 aromatic heterocycles. The quantitative estimate of drug-likeness (QED) is 0.734. The first-order valence-electron chi connectivity index (χ1n) is 5.84. The van der Waals surface area contributed by atoms with Gasteiger partial charge in [-0.15, -0.1) is 0 Å². The molecule has 0 spiro atoms. The van der Waals surface area contributed by atoms with Crippen molar-refractivity contribution >= 4 is 17.2 Å². The molecule has 0 N–H and O–H groups in total. The zero-order valence-electron chi connectivity index (χ0n) is 9.74. The molecule has 0 atom stereocenters. The number of aromatic nitrogens is 3. The SMILES string of the molecule is O=C1CCN(C(=O)c2cnn3ccncc23)CC1. The maximum absolute atomic E-state index is 12.3. The average molecular weight is 244 g/mol. The van der Waals surface area contributed by atoms with Gasteiger partial charge in [0.2, 0.25) is 0 Å². The monoisotopic (exact) mass is 244 g/mol. The Labute approximate surface area is 103 Å². The lowest BCUT2D eigenvalue weighted by atomic mass is 10.1. The summed E-state index contributed by atoms with van der Waals surface area (Å²) in [5.41, 5.74) is 1.23. The Morgan fingerprint density at radius 2 is 2.00 bits per heavy atom. The summed E-state index contributed by atoms with van der Waals surface area (Å²) in [6, 6.07) is 0. The molecule has 0 aliphatic carbocycles. The summed E-state index contributed by atoms with van der Waals surface area (Å²) < 4.78 is 1.62. The molecule has 1 aliphatic heterocycles. The number of piperidine rings is 1. The molecule has 18 heavy (non-hydrogen) atoms. The third kappa shape index (κ3) is 1.75. The van der Waals surface area contributed by atoms with Gasteiger partial charge in [-0.2, -0.15) is 5.10 Å². The van der Waals surface area contributed by atoms with Gasteiger partial charge in [0.25, 0.3) is 5.91 Å². The summed E-state index contributed by atoms with van der Waals surface area (Å²) in [7, 11) is 0. The molecule has 0 saturated carbocycles. The average Bonchev–Trinajstić information content (AvgIpc) is 2.82. The van der Waals surface area contributed by atoms with Crippen LogP contribution in [0.5, 0.6) is 0 Å². The fraction of sp³-hybridized carbons (Fsp3) is 0.333. The van der Waals surface area contributed by atoms with Crippen LogP contribution >= 0.6 is 0 Å². The van der Waals surface area contributed by atoms with Crippen LogP contribution in [-0.4, -0.2) is 44.3 Å². The second-order valence-electron chi connectivity index (χ2n) is 4.30. The highest BCUT2D eigenvalue weighted by atomic mass is 16.2. The van der Waals surface area contributed by atoms with E-state index in [1.807, 2.05) is 0 Å². The summed E-state index contributed by atoms with van der Waals surface area (Å²) >= 11 is 0. The first-order chi connectivity index (χ1) is 8.75. The van der Waals surface area contributed by atoms with Crippen molar-refractivity contribution in [3.05, 3.63) is 30.4 Å². The van der Waals surface area contributed by atoms with Crippen molar-refractivity contribution in [1.82, 2.24) is 19.5 Å². The van der Waals surface area contributed by atoms with E-state index in [0.29, 0.717) is 37.0 Å². The zero-order valence-corrected chi connectivity index (χ0v) is 9.74. The summed E-state index contributed by atoms with van der Waals surface area (Å²) in [5.74, 6) is 0.145. The molecule has 1 fully saturated rings. The second-order valence-corrected chi connectivity index (χ2v) is 4.30. The predicted molar refractivity (Wildman–Crippen MR) is 63.1 cm³/mol. The normalized spacial score (nSPS) is 16.2. The molecule has 0 aromatic carbocycles. The number of nitrogens with zero attached hydrogens (tertiary/aromatic N) is 4. The van der Waals surface area contributed by atoms with Crippen molar-refractivity contribution in [3.63, 3.8) is 0 Å². The highest BCUT2D eigenvalue weighted by Gasteiger charge is 2.24. The van der Waals surface area contributed by atoms with Gasteiger partial charge in [0.15, 0.2) is 0 Å². The molecule has 1 aliphatic rings. The Kier molecular flexibility index (Phi) is 2.55. The van der Waals surface area contributed by atoms with E-state index in [-0.39, 0.29) is 11.7 Å². The molecule has 0 unspecified atom stereocenters. The number of carbonyl (C=O) groups excluding carboxylic acids is 2. The Bertz CT molecular complexity index is 609. The van der Waals surface area contributed by atoms with Crippen LogP contribution < -0.4 is 0 Å². The third-order valence-corrected chi connectivity index (χ3v) is 3.16. The van der Waals surface area contributed by atoms with Crippen molar-refractivity contribution in [2.24, 2.45) is 0 Å². The lowest BCUT2D eigenvalue weighted by molar-refractivity contribution is -0.120. The Morgan fingerprint density at radius 3 is 2.78 bits per heavy atom. The van der Waals surface area contributed by atoms with Gasteiger partial charge in [-0.05, 0) is 0 Å². The number of hydrogen-bond acceptors (Lipinski definition) is 4. The van der Waals surface area contributed by atoms with E-state index in [9.17, 15) is 9.59 Å². The number of Topliss-reactive ketones (excluding diaryl/α,β-unsaturated/α-hetero) is 1. The number of likely N-dealkylation sites (tertiary alicyclic amines) is 1. The van der Waals surface area contributed by atoms with Crippen molar-refractivity contribution < 1.29 is 9.59 Å². The molecule has 2 aromatic rings. The number of rotatable bonds is 1. The minimum Gasteiger partial charge on any atom is -0.338 e. The molecular weight excluding hydrogens is 232 g/mol. The maximum atomic E-state index is 12.3. The molecule has 3 rings (SSSR count). The Balaban J connectivity index is 1.90. The summed E-state index contributed by atoms with van der Waals surface area (Å²) in [6.45, 7) is 0.991. The van der Waals surface area contributed by atoms with E-state index < -0.39 is 0 Å².